The zero-order valence-corrected chi connectivity index (χ0v) is 13.1. The van der Waals surface area contributed by atoms with Crippen LogP contribution in [-0.4, -0.2) is 19.9 Å². The summed E-state index contributed by atoms with van der Waals surface area (Å²) >= 11 is 9.36. The Labute approximate surface area is 126 Å². The smallest absolute Gasteiger partial charge is 0.140 e. The summed E-state index contributed by atoms with van der Waals surface area (Å²) in [6, 6.07) is 7.68. The van der Waals surface area contributed by atoms with Gasteiger partial charge in [0.25, 0.3) is 0 Å². The molecule has 0 amide bonds. The van der Waals surface area contributed by atoms with E-state index in [-0.39, 0.29) is 5.92 Å². The summed E-state index contributed by atoms with van der Waals surface area (Å²) in [6.07, 6.45) is 3.86. The van der Waals surface area contributed by atoms with Gasteiger partial charge in [-0.15, -0.1) is 0 Å². The minimum absolute atomic E-state index is 0.0532. The second kappa shape index (κ2) is 11.3. The van der Waals surface area contributed by atoms with E-state index in [2.05, 4.69) is 22.8 Å². The molecule has 0 bridgehead atoms. The van der Waals surface area contributed by atoms with Crippen molar-refractivity contribution in [1.82, 2.24) is 0 Å². The van der Waals surface area contributed by atoms with Crippen LogP contribution in [0, 0.1) is 0 Å². The van der Waals surface area contributed by atoms with Crippen LogP contribution in [0.3, 0.4) is 0 Å². The molecule has 0 spiro atoms. The summed E-state index contributed by atoms with van der Waals surface area (Å²) in [4.78, 5) is 11.7. The van der Waals surface area contributed by atoms with E-state index in [4.69, 9.17) is 11.6 Å². The molecule has 2 rings (SSSR count). The van der Waals surface area contributed by atoms with Gasteiger partial charge in [0, 0.05) is 24.5 Å². The summed E-state index contributed by atoms with van der Waals surface area (Å²) in [5, 5.41) is 0.729. The van der Waals surface area contributed by atoms with Gasteiger partial charge in [-0.3, -0.25) is 4.79 Å². The molecular weight excluding hydrogens is 282 g/mol. The van der Waals surface area contributed by atoms with Crippen LogP contribution in [0.2, 0.25) is 5.02 Å². The molecule has 108 valence electrons. The number of hydrogen-bond acceptors (Lipinski definition) is 4. The van der Waals surface area contributed by atoms with Crippen molar-refractivity contribution in [1.29, 1.82) is 0 Å². The van der Waals surface area contributed by atoms with Crippen LogP contribution >= 0.6 is 24.5 Å². The van der Waals surface area contributed by atoms with Gasteiger partial charge >= 0.3 is 0 Å². The Morgan fingerprint density at radius 1 is 1.32 bits per heavy atom. The molecule has 1 aliphatic carbocycles. The van der Waals surface area contributed by atoms with Crippen LogP contribution < -0.4 is 5.73 Å². The predicted octanol–water partition coefficient (Wildman–Crippen LogP) is 3.62. The van der Waals surface area contributed by atoms with Crippen molar-refractivity contribution < 1.29 is 8.98 Å². The lowest BCUT2D eigenvalue weighted by molar-refractivity contribution is -0.121. The molecule has 0 saturated heterocycles. The molecular formula is C14H22ClNO2S. The molecule has 1 unspecified atom stereocenters. The molecule has 1 saturated carbocycles. The minimum atomic E-state index is 0.0532. The van der Waals surface area contributed by atoms with E-state index in [0.717, 1.165) is 36.3 Å². The second-order valence-corrected chi connectivity index (χ2v) is 4.74. The van der Waals surface area contributed by atoms with Gasteiger partial charge in [0.2, 0.25) is 0 Å². The van der Waals surface area contributed by atoms with Gasteiger partial charge in [-0.2, -0.15) is 0 Å². The normalized spacial score (nSPS) is 17.7. The summed E-state index contributed by atoms with van der Waals surface area (Å²) in [6.45, 7) is 0. The van der Waals surface area contributed by atoms with E-state index in [1.807, 2.05) is 24.3 Å². The van der Waals surface area contributed by atoms with Crippen LogP contribution in [-0.2, 0) is 8.98 Å². The average Bonchev–Trinajstić information content (AvgIpc) is 2.43. The number of ketones is 1. The zero-order chi connectivity index (χ0) is 14.7. The first-order valence-electron chi connectivity index (χ1n) is 6.23. The molecule has 1 fully saturated rings. The van der Waals surface area contributed by atoms with Gasteiger partial charge in [0.1, 0.15) is 5.78 Å². The van der Waals surface area contributed by atoms with Crippen LogP contribution in [0.4, 0.5) is 0 Å². The summed E-state index contributed by atoms with van der Waals surface area (Å²) in [5.41, 5.74) is 5.51. The number of benzene rings is 1. The Kier molecular flexibility index (Phi) is 11.0. The first kappa shape index (κ1) is 18.4. The van der Waals surface area contributed by atoms with E-state index >= 15 is 0 Å². The summed E-state index contributed by atoms with van der Waals surface area (Å²) in [7, 11) is 2.99. The van der Waals surface area contributed by atoms with Gasteiger partial charge in [-0.05, 0) is 44.4 Å². The highest BCUT2D eigenvalue weighted by atomic mass is 35.5. The Morgan fingerprint density at radius 2 is 1.89 bits per heavy atom. The molecule has 0 aromatic heterocycles. The fourth-order valence-corrected chi connectivity index (χ4v) is 2.34. The van der Waals surface area contributed by atoms with Gasteiger partial charge in [0.15, 0.2) is 0 Å². The van der Waals surface area contributed by atoms with E-state index in [1.165, 1.54) is 14.2 Å². The van der Waals surface area contributed by atoms with Crippen LogP contribution in [0.1, 0.15) is 37.2 Å². The zero-order valence-electron chi connectivity index (χ0n) is 11.4. The van der Waals surface area contributed by atoms with E-state index in [0.29, 0.717) is 5.78 Å². The number of halogens is 1. The highest BCUT2D eigenvalue weighted by molar-refractivity contribution is 7.75. The van der Waals surface area contributed by atoms with Crippen molar-refractivity contribution in [2.45, 2.75) is 31.6 Å². The standard InChI is InChI=1S/C12H13ClO.CH5N.CH4OS/c13-11-7-3-1-5-9(11)10-6-2-4-8-12(10)14;1-2;1-2-3/h1,3,5,7,10H,2,4,6,8H2;2H2,1H3;3H,1H3. The number of carbonyl (C=O) groups excluding carboxylic acids is 1. The van der Waals surface area contributed by atoms with Crippen molar-refractivity contribution in [2.24, 2.45) is 5.73 Å². The van der Waals surface area contributed by atoms with Crippen LogP contribution in [0.5, 0.6) is 0 Å². The lowest BCUT2D eigenvalue weighted by Gasteiger charge is -2.21. The maximum absolute atomic E-state index is 11.7. The summed E-state index contributed by atoms with van der Waals surface area (Å²) in [5.74, 6) is 0.404. The molecule has 1 aromatic rings. The first-order chi connectivity index (χ1) is 9.20. The van der Waals surface area contributed by atoms with E-state index < -0.39 is 0 Å². The van der Waals surface area contributed by atoms with Gasteiger partial charge in [-0.1, -0.05) is 36.2 Å². The molecule has 1 aliphatic rings. The quantitative estimate of drug-likeness (QED) is 0.615. The number of nitrogens with two attached hydrogens (primary N) is 1. The third-order valence-corrected chi connectivity index (χ3v) is 3.18. The van der Waals surface area contributed by atoms with Crippen molar-refractivity contribution >= 4 is 30.3 Å². The van der Waals surface area contributed by atoms with Gasteiger partial charge < -0.3 is 9.92 Å². The molecule has 1 atom stereocenters. The third-order valence-electron chi connectivity index (χ3n) is 2.84. The maximum atomic E-state index is 11.7. The molecule has 0 radical (unpaired) electrons. The predicted molar refractivity (Wildman–Crippen MR) is 83.8 cm³/mol. The Bertz CT molecular complexity index is 374. The van der Waals surface area contributed by atoms with Crippen LogP contribution in [0.25, 0.3) is 0 Å². The number of hydrogen-bond donors (Lipinski definition) is 2. The highest BCUT2D eigenvalue weighted by Crippen LogP contribution is 2.33. The van der Waals surface area contributed by atoms with Crippen molar-refractivity contribution in [3.8, 4) is 0 Å². The lowest BCUT2D eigenvalue weighted by Crippen LogP contribution is -2.17. The lowest BCUT2D eigenvalue weighted by atomic mass is 9.83. The van der Waals surface area contributed by atoms with E-state index in [9.17, 15) is 4.79 Å². The number of Topliss-reactive ketones (excluding diaryl/α,β-unsaturated/α-hetero) is 1. The average molecular weight is 304 g/mol. The molecule has 19 heavy (non-hydrogen) atoms. The monoisotopic (exact) mass is 303 g/mol. The fourth-order valence-electron chi connectivity index (χ4n) is 2.07. The second-order valence-electron chi connectivity index (χ2n) is 3.97. The van der Waals surface area contributed by atoms with Crippen molar-refractivity contribution in [3.05, 3.63) is 34.9 Å². The van der Waals surface area contributed by atoms with Crippen molar-refractivity contribution in [3.63, 3.8) is 0 Å². The highest BCUT2D eigenvalue weighted by Gasteiger charge is 2.24. The molecule has 5 heteroatoms. The summed E-state index contributed by atoms with van der Waals surface area (Å²) < 4.78 is 3.94. The maximum Gasteiger partial charge on any atom is 0.140 e. The van der Waals surface area contributed by atoms with Gasteiger partial charge in [-0.25, -0.2) is 0 Å². The first-order valence-corrected chi connectivity index (χ1v) is 6.97. The largest absolute Gasteiger partial charge is 0.333 e. The molecule has 0 aliphatic heterocycles. The molecule has 0 heterocycles. The Morgan fingerprint density at radius 3 is 2.42 bits per heavy atom. The third kappa shape index (κ3) is 6.43. The van der Waals surface area contributed by atoms with Gasteiger partial charge in [0.05, 0.1) is 0 Å². The van der Waals surface area contributed by atoms with Crippen molar-refractivity contribution in [2.75, 3.05) is 14.2 Å². The SMILES string of the molecule is CN.COS.O=C1CCCCC1c1ccccc1Cl. The Balaban J connectivity index is 0.000000573. The minimum Gasteiger partial charge on any atom is -0.333 e. The Hall–Kier alpha value is -0.550. The number of thiol groups is 1. The molecule has 2 N–H and O–H groups in total. The number of carbonyl (C=O) groups is 1. The topological polar surface area (TPSA) is 52.3 Å². The fraction of sp³-hybridized carbons (Fsp3) is 0.500. The molecule has 3 nitrogen and oxygen atoms in total. The number of rotatable bonds is 1. The molecule has 1 aromatic carbocycles. The van der Waals surface area contributed by atoms with Crippen LogP contribution in [0.15, 0.2) is 24.3 Å². The van der Waals surface area contributed by atoms with E-state index in [1.54, 1.807) is 0 Å².